The van der Waals surface area contributed by atoms with Gasteiger partial charge in [-0.1, -0.05) is 6.92 Å². The first-order valence-corrected chi connectivity index (χ1v) is 10.3. The average Bonchev–Trinajstić information content (AvgIpc) is 3.29. The molecule has 0 aromatic carbocycles. The fourth-order valence-corrected chi connectivity index (χ4v) is 3.47. The summed E-state index contributed by atoms with van der Waals surface area (Å²) in [6.07, 6.45) is 7.50. The monoisotopic (exact) mass is 368 g/mol. The van der Waals surface area contributed by atoms with E-state index in [1.807, 2.05) is 6.20 Å². The Bertz CT molecular complexity index is 501. The lowest BCUT2D eigenvalue weighted by Gasteiger charge is -2.11. The molecule has 0 spiro atoms. The van der Waals surface area contributed by atoms with Crippen LogP contribution in [0.3, 0.4) is 0 Å². The van der Waals surface area contributed by atoms with Crippen molar-refractivity contribution in [2.45, 2.75) is 52.1 Å². The van der Waals surface area contributed by atoms with Crippen molar-refractivity contribution < 1.29 is 9.47 Å². The molecule has 2 N–H and O–H groups in total. The minimum Gasteiger partial charge on any atom is -0.379 e. The molecule has 1 fully saturated rings. The van der Waals surface area contributed by atoms with Gasteiger partial charge < -0.3 is 20.1 Å². The van der Waals surface area contributed by atoms with Crippen molar-refractivity contribution in [1.29, 1.82) is 0 Å². The summed E-state index contributed by atoms with van der Waals surface area (Å²) in [6, 6.07) is 0. The largest absolute Gasteiger partial charge is 0.379 e. The first-order chi connectivity index (χ1) is 12.3. The van der Waals surface area contributed by atoms with Crippen LogP contribution < -0.4 is 10.6 Å². The van der Waals surface area contributed by atoms with Gasteiger partial charge in [0, 0.05) is 50.3 Å². The Morgan fingerprint density at radius 2 is 2.36 bits per heavy atom. The quantitative estimate of drug-likeness (QED) is 0.357. The van der Waals surface area contributed by atoms with Gasteiger partial charge >= 0.3 is 0 Å². The molecule has 6 nitrogen and oxygen atoms in total. The van der Waals surface area contributed by atoms with Crippen LogP contribution in [0.5, 0.6) is 0 Å². The number of ether oxygens (including phenoxy) is 2. The zero-order chi connectivity index (χ0) is 17.7. The van der Waals surface area contributed by atoms with Gasteiger partial charge in [-0.15, -0.1) is 11.3 Å². The van der Waals surface area contributed by atoms with Gasteiger partial charge in [0.15, 0.2) is 5.96 Å². The van der Waals surface area contributed by atoms with Gasteiger partial charge in [0.1, 0.15) is 0 Å². The molecular formula is C18H32N4O2S. The van der Waals surface area contributed by atoms with Crippen LogP contribution in [0.1, 0.15) is 43.0 Å². The second kappa shape index (κ2) is 12.2. The van der Waals surface area contributed by atoms with Crippen LogP contribution in [0.4, 0.5) is 0 Å². The number of nitrogens with one attached hydrogen (secondary N) is 2. The number of aliphatic imine (C=N–C) groups is 1. The molecule has 0 saturated carbocycles. The third-order valence-corrected chi connectivity index (χ3v) is 5.17. The van der Waals surface area contributed by atoms with Gasteiger partial charge in [-0.25, -0.2) is 4.98 Å². The summed E-state index contributed by atoms with van der Waals surface area (Å²) in [5.74, 6) is 0.869. The van der Waals surface area contributed by atoms with Gasteiger partial charge in [0.2, 0.25) is 0 Å². The van der Waals surface area contributed by atoms with Crippen LogP contribution in [0.2, 0.25) is 0 Å². The molecule has 1 aromatic rings. The third kappa shape index (κ3) is 8.16. The van der Waals surface area contributed by atoms with Crippen molar-refractivity contribution in [3.63, 3.8) is 0 Å². The highest BCUT2D eigenvalue weighted by atomic mass is 32.1. The highest BCUT2D eigenvalue weighted by Gasteiger charge is 2.14. The van der Waals surface area contributed by atoms with Crippen molar-refractivity contribution in [2.24, 2.45) is 4.99 Å². The average molecular weight is 369 g/mol. The summed E-state index contributed by atoms with van der Waals surface area (Å²) < 4.78 is 11.2. The van der Waals surface area contributed by atoms with E-state index in [0.29, 0.717) is 6.10 Å². The van der Waals surface area contributed by atoms with Crippen LogP contribution in [0.25, 0.3) is 0 Å². The number of hydrogen-bond donors (Lipinski definition) is 2. The summed E-state index contributed by atoms with van der Waals surface area (Å²) in [7, 11) is 0. The molecule has 1 saturated heterocycles. The Hall–Kier alpha value is -1.18. The van der Waals surface area contributed by atoms with E-state index in [1.165, 1.54) is 9.88 Å². The molecule has 1 aliphatic heterocycles. The SMILES string of the molecule is CCNC(=NCCCOCC1CCCO1)NCCc1ncc(CC)s1. The molecular weight excluding hydrogens is 336 g/mol. The van der Waals surface area contributed by atoms with E-state index >= 15 is 0 Å². The number of rotatable bonds is 11. The van der Waals surface area contributed by atoms with Crippen molar-refractivity contribution in [1.82, 2.24) is 15.6 Å². The molecule has 2 heterocycles. The van der Waals surface area contributed by atoms with E-state index in [-0.39, 0.29) is 0 Å². The van der Waals surface area contributed by atoms with Gasteiger partial charge in [0.05, 0.1) is 17.7 Å². The lowest BCUT2D eigenvalue weighted by Crippen LogP contribution is -2.38. The standard InChI is InChI=1S/C18H32N4O2S/c1-3-16-13-22-17(25-16)8-10-21-18(19-4-2)20-9-6-11-23-14-15-7-5-12-24-15/h13,15H,3-12,14H2,1-2H3,(H2,19,20,21). The number of aromatic nitrogens is 1. The van der Waals surface area contributed by atoms with Crippen LogP contribution in [0.15, 0.2) is 11.2 Å². The Morgan fingerprint density at radius 3 is 3.08 bits per heavy atom. The zero-order valence-corrected chi connectivity index (χ0v) is 16.4. The lowest BCUT2D eigenvalue weighted by atomic mass is 10.2. The number of hydrogen-bond acceptors (Lipinski definition) is 5. The van der Waals surface area contributed by atoms with Crippen LogP contribution in [0, 0.1) is 0 Å². The number of thiazole rings is 1. The minimum absolute atomic E-state index is 0.307. The fraction of sp³-hybridized carbons (Fsp3) is 0.778. The Labute approximate surface area is 155 Å². The van der Waals surface area contributed by atoms with Crippen molar-refractivity contribution in [2.75, 3.05) is 39.5 Å². The maximum atomic E-state index is 5.67. The Kier molecular flexibility index (Phi) is 9.84. The molecule has 0 aliphatic carbocycles. The van der Waals surface area contributed by atoms with E-state index in [2.05, 4.69) is 34.5 Å². The maximum Gasteiger partial charge on any atom is 0.191 e. The molecule has 1 atom stereocenters. The topological polar surface area (TPSA) is 67.8 Å². The molecule has 142 valence electrons. The van der Waals surface area contributed by atoms with Gasteiger partial charge in [-0.2, -0.15) is 0 Å². The molecule has 0 bridgehead atoms. The van der Waals surface area contributed by atoms with Crippen LogP contribution in [-0.4, -0.2) is 56.5 Å². The van der Waals surface area contributed by atoms with Crippen molar-refractivity contribution in [3.05, 3.63) is 16.1 Å². The predicted octanol–water partition coefficient (Wildman–Crippen LogP) is 2.39. The van der Waals surface area contributed by atoms with Crippen molar-refractivity contribution >= 4 is 17.3 Å². The van der Waals surface area contributed by atoms with E-state index in [9.17, 15) is 0 Å². The summed E-state index contributed by atoms with van der Waals surface area (Å²) in [5.41, 5.74) is 0. The maximum absolute atomic E-state index is 5.67. The summed E-state index contributed by atoms with van der Waals surface area (Å²) in [6.45, 7) is 9.05. The summed E-state index contributed by atoms with van der Waals surface area (Å²) in [4.78, 5) is 10.4. The first kappa shape index (κ1) is 20.1. The zero-order valence-electron chi connectivity index (χ0n) is 15.6. The number of aryl methyl sites for hydroxylation is 1. The summed E-state index contributed by atoms with van der Waals surface area (Å²) in [5, 5.41) is 7.84. The highest BCUT2D eigenvalue weighted by molar-refractivity contribution is 7.11. The molecule has 2 rings (SSSR count). The minimum atomic E-state index is 0.307. The third-order valence-electron chi connectivity index (χ3n) is 3.97. The van der Waals surface area contributed by atoms with Crippen LogP contribution >= 0.6 is 11.3 Å². The Balaban J connectivity index is 1.58. The first-order valence-electron chi connectivity index (χ1n) is 9.47. The molecule has 1 unspecified atom stereocenters. The van der Waals surface area contributed by atoms with Gasteiger partial charge in [0.25, 0.3) is 0 Å². The second-order valence-corrected chi connectivity index (χ2v) is 7.27. The molecule has 1 aromatic heterocycles. The predicted molar refractivity (Wildman–Crippen MR) is 104 cm³/mol. The van der Waals surface area contributed by atoms with Gasteiger partial charge in [-0.3, -0.25) is 4.99 Å². The lowest BCUT2D eigenvalue weighted by molar-refractivity contribution is 0.0171. The van der Waals surface area contributed by atoms with E-state index < -0.39 is 0 Å². The van der Waals surface area contributed by atoms with E-state index in [1.54, 1.807) is 11.3 Å². The van der Waals surface area contributed by atoms with Crippen LogP contribution in [-0.2, 0) is 22.3 Å². The number of nitrogens with zero attached hydrogens (tertiary/aromatic N) is 2. The molecule has 0 amide bonds. The second-order valence-electron chi connectivity index (χ2n) is 6.07. The molecule has 7 heteroatoms. The smallest absolute Gasteiger partial charge is 0.191 e. The Morgan fingerprint density at radius 1 is 1.44 bits per heavy atom. The van der Waals surface area contributed by atoms with E-state index in [4.69, 9.17) is 9.47 Å². The molecule has 25 heavy (non-hydrogen) atoms. The summed E-state index contributed by atoms with van der Waals surface area (Å²) >= 11 is 1.80. The highest BCUT2D eigenvalue weighted by Crippen LogP contribution is 2.13. The number of guanidine groups is 1. The van der Waals surface area contributed by atoms with Gasteiger partial charge in [-0.05, 0) is 32.6 Å². The molecule has 1 aliphatic rings. The fourth-order valence-electron chi connectivity index (χ4n) is 2.60. The van der Waals surface area contributed by atoms with E-state index in [0.717, 1.165) is 77.5 Å². The normalized spacial score (nSPS) is 17.8. The van der Waals surface area contributed by atoms with Crippen molar-refractivity contribution in [3.8, 4) is 0 Å². The molecule has 0 radical (unpaired) electrons.